The van der Waals surface area contributed by atoms with Crippen LogP contribution in [0.4, 0.5) is 0 Å². The minimum atomic E-state index is 0.0856. The first-order valence-corrected chi connectivity index (χ1v) is 3.97. The van der Waals surface area contributed by atoms with Gasteiger partial charge in [0.05, 0.1) is 6.04 Å². The summed E-state index contributed by atoms with van der Waals surface area (Å²) in [4.78, 5) is 2.22. The van der Waals surface area contributed by atoms with Gasteiger partial charge in [-0.1, -0.05) is 5.16 Å². The van der Waals surface area contributed by atoms with Crippen LogP contribution < -0.4 is 5.73 Å². The molecule has 1 aliphatic rings. The van der Waals surface area contributed by atoms with Crippen LogP contribution in [0.25, 0.3) is 0 Å². The van der Waals surface area contributed by atoms with E-state index >= 15 is 0 Å². The molecule has 64 valence electrons. The van der Waals surface area contributed by atoms with Crippen molar-refractivity contribution in [2.75, 3.05) is 13.1 Å². The third kappa shape index (κ3) is 1.83. The molecule has 0 saturated carbocycles. The zero-order valence-corrected chi connectivity index (χ0v) is 6.82. The van der Waals surface area contributed by atoms with Gasteiger partial charge in [0.15, 0.2) is 5.84 Å². The Morgan fingerprint density at radius 1 is 1.55 bits per heavy atom. The van der Waals surface area contributed by atoms with Crippen molar-refractivity contribution in [3.05, 3.63) is 0 Å². The predicted molar refractivity (Wildman–Crippen MR) is 43.7 cm³/mol. The average Bonchev–Trinajstić information content (AvgIpc) is 2.53. The zero-order chi connectivity index (χ0) is 8.27. The van der Waals surface area contributed by atoms with Crippen LogP contribution in [0.1, 0.15) is 19.8 Å². The number of amidine groups is 1. The predicted octanol–water partition coefficient (Wildman–Crippen LogP) is 0.217. The molecule has 0 aliphatic carbocycles. The van der Waals surface area contributed by atoms with Crippen LogP contribution in [-0.4, -0.2) is 35.1 Å². The van der Waals surface area contributed by atoms with Crippen LogP contribution >= 0.6 is 0 Å². The molecule has 0 spiro atoms. The van der Waals surface area contributed by atoms with Gasteiger partial charge in [0, 0.05) is 0 Å². The molecule has 1 unspecified atom stereocenters. The lowest BCUT2D eigenvalue weighted by molar-refractivity contribution is 0.285. The molecule has 1 fully saturated rings. The molecule has 11 heavy (non-hydrogen) atoms. The van der Waals surface area contributed by atoms with Crippen LogP contribution in [0.5, 0.6) is 0 Å². The molecule has 4 nitrogen and oxygen atoms in total. The lowest BCUT2D eigenvalue weighted by Gasteiger charge is -2.21. The Morgan fingerprint density at radius 3 is 2.55 bits per heavy atom. The van der Waals surface area contributed by atoms with Crippen molar-refractivity contribution in [2.24, 2.45) is 10.9 Å². The van der Waals surface area contributed by atoms with Crippen molar-refractivity contribution >= 4 is 5.84 Å². The molecule has 0 radical (unpaired) electrons. The van der Waals surface area contributed by atoms with Gasteiger partial charge in [0.2, 0.25) is 0 Å². The highest BCUT2D eigenvalue weighted by molar-refractivity contribution is 5.84. The second-order valence-electron chi connectivity index (χ2n) is 2.94. The molecule has 4 heteroatoms. The molecule has 0 aromatic carbocycles. The molecular formula is C7H15N3O. The van der Waals surface area contributed by atoms with E-state index in [1.807, 2.05) is 6.92 Å². The first-order valence-electron chi connectivity index (χ1n) is 3.97. The molecule has 1 aliphatic heterocycles. The van der Waals surface area contributed by atoms with Crippen molar-refractivity contribution in [3.8, 4) is 0 Å². The van der Waals surface area contributed by atoms with E-state index in [4.69, 9.17) is 10.9 Å². The third-order valence-corrected chi connectivity index (χ3v) is 2.23. The van der Waals surface area contributed by atoms with E-state index in [2.05, 4.69) is 10.1 Å². The van der Waals surface area contributed by atoms with Crippen LogP contribution in [0.3, 0.4) is 0 Å². The maximum absolute atomic E-state index is 8.40. The molecule has 3 N–H and O–H groups in total. The van der Waals surface area contributed by atoms with Gasteiger partial charge in [0.1, 0.15) is 0 Å². The largest absolute Gasteiger partial charge is 0.409 e. The van der Waals surface area contributed by atoms with Crippen molar-refractivity contribution in [1.82, 2.24) is 4.90 Å². The Morgan fingerprint density at radius 2 is 2.09 bits per heavy atom. The normalized spacial score (nSPS) is 23.9. The van der Waals surface area contributed by atoms with Crippen molar-refractivity contribution in [2.45, 2.75) is 25.8 Å². The Hall–Kier alpha value is -0.770. The summed E-state index contributed by atoms with van der Waals surface area (Å²) in [5, 5.41) is 11.4. The number of nitrogens with two attached hydrogens (primary N) is 1. The van der Waals surface area contributed by atoms with Crippen molar-refractivity contribution < 1.29 is 5.21 Å². The fourth-order valence-corrected chi connectivity index (χ4v) is 1.40. The molecule has 0 bridgehead atoms. The minimum Gasteiger partial charge on any atom is -0.409 e. The van der Waals surface area contributed by atoms with E-state index in [1.54, 1.807) is 0 Å². The molecule has 0 aromatic rings. The fraction of sp³-hybridized carbons (Fsp3) is 0.857. The van der Waals surface area contributed by atoms with Gasteiger partial charge in [-0.05, 0) is 32.9 Å². The maximum Gasteiger partial charge on any atom is 0.156 e. The van der Waals surface area contributed by atoms with Crippen molar-refractivity contribution in [1.29, 1.82) is 0 Å². The lowest BCUT2D eigenvalue weighted by atomic mass is 10.3. The highest BCUT2D eigenvalue weighted by atomic mass is 16.4. The second kappa shape index (κ2) is 3.57. The summed E-state index contributed by atoms with van der Waals surface area (Å²) in [6.07, 6.45) is 2.45. The number of rotatable bonds is 2. The molecule has 0 amide bonds. The Kier molecular flexibility index (Phi) is 2.70. The van der Waals surface area contributed by atoms with E-state index in [0.717, 1.165) is 13.1 Å². The van der Waals surface area contributed by atoms with Crippen LogP contribution in [0.2, 0.25) is 0 Å². The molecule has 1 rings (SSSR count). The minimum absolute atomic E-state index is 0.0856. The molecule has 0 aromatic heterocycles. The topological polar surface area (TPSA) is 61.9 Å². The number of hydrogen-bond donors (Lipinski definition) is 2. The SMILES string of the molecule is CC(C(N)=NO)N1CCCC1. The van der Waals surface area contributed by atoms with Crippen LogP contribution in [0, 0.1) is 0 Å². The standard InChI is InChI=1S/C7H15N3O/c1-6(7(8)9-11)10-4-2-3-5-10/h6,11H,2-5H2,1H3,(H2,8,9). The summed E-state index contributed by atoms with van der Waals surface area (Å²) in [7, 11) is 0. The summed E-state index contributed by atoms with van der Waals surface area (Å²) in [5.41, 5.74) is 5.45. The monoisotopic (exact) mass is 157 g/mol. The second-order valence-corrected chi connectivity index (χ2v) is 2.94. The Labute approximate surface area is 66.7 Å². The smallest absolute Gasteiger partial charge is 0.156 e. The summed E-state index contributed by atoms with van der Waals surface area (Å²) in [5.74, 6) is 0.312. The van der Waals surface area contributed by atoms with E-state index in [9.17, 15) is 0 Å². The van der Waals surface area contributed by atoms with Crippen LogP contribution in [0.15, 0.2) is 5.16 Å². The van der Waals surface area contributed by atoms with Gasteiger partial charge in [0.25, 0.3) is 0 Å². The highest BCUT2D eigenvalue weighted by Crippen LogP contribution is 2.10. The van der Waals surface area contributed by atoms with E-state index in [0.29, 0.717) is 5.84 Å². The number of hydrogen-bond acceptors (Lipinski definition) is 3. The van der Waals surface area contributed by atoms with E-state index < -0.39 is 0 Å². The Balaban J connectivity index is 2.45. The summed E-state index contributed by atoms with van der Waals surface area (Å²) >= 11 is 0. The summed E-state index contributed by atoms with van der Waals surface area (Å²) in [6.45, 7) is 4.09. The number of nitrogens with zero attached hydrogens (tertiary/aromatic N) is 2. The van der Waals surface area contributed by atoms with Gasteiger partial charge >= 0.3 is 0 Å². The Bertz CT molecular complexity index is 152. The van der Waals surface area contributed by atoms with Gasteiger partial charge in [-0.2, -0.15) is 0 Å². The quantitative estimate of drug-likeness (QED) is 0.261. The van der Waals surface area contributed by atoms with Gasteiger partial charge in [-0.3, -0.25) is 4.90 Å². The van der Waals surface area contributed by atoms with E-state index in [1.165, 1.54) is 12.8 Å². The summed E-state index contributed by atoms with van der Waals surface area (Å²) in [6, 6.07) is 0.0856. The average molecular weight is 157 g/mol. The number of oxime groups is 1. The van der Waals surface area contributed by atoms with Crippen molar-refractivity contribution in [3.63, 3.8) is 0 Å². The van der Waals surface area contributed by atoms with E-state index in [-0.39, 0.29) is 6.04 Å². The molecular weight excluding hydrogens is 142 g/mol. The molecule has 1 atom stereocenters. The highest BCUT2D eigenvalue weighted by Gasteiger charge is 2.20. The molecule has 1 heterocycles. The molecule has 1 saturated heterocycles. The van der Waals surface area contributed by atoms with Crippen LogP contribution in [-0.2, 0) is 0 Å². The van der Waals surface area contributed by atoms with Gasteiger partial charge in [-0.25, -0.2) is 0 Å². The first kappa shape index (κ1) is 8.33. The first-order chi connectivity index (χ1) is 5.25. The van der Waals surface area contributed by atoms with Gasteiger partial charge < -0.3 is 10.9 Å². The fourth-order valence-electron chi connectivity index (χ4n) is 1.40. The van der Waals surface area contributed by atoms with Gasteiger partial charge in [-0.15, -0.1) is 0 Å². The number of likely N-dealkylation sites (tertiary alicyclic amines) is 1. The maximum atomic E-state index is 8.40. The lowest BCUT2D eigenvalue weighted by Crippen LogP contribution is -2.41. The zero-order valence-electron chi connectivity index (χ0n) is 6.82. The summed E-state index contributed by atoms with van der Waals surface area (Å²) < 4.78 is 0. The third-order valence-electron chi connectivity index (χ3n) is 2.23.